The summed E-state index contributed by atoms with van der Waals surface area (Å²) in [5.41, 5.74) is 0.148. The Morgan fingerprint density at radius 3 is 2.64 bits per heavy atom. The van der Waals surface area contributed by atoms with Gasteiger partial charge >= 0.3 is 5.97 Å². The first-order chi connectivity index (χ1) is 11.8. The van der Waals surface area contributed by atoms with E-state index in [1.807, 2.05) is 6.92 Å². The Labute approximate surface area is 147 Å². The number of carboxylic acids is 1. The van der Waals surface area contributed by atoms with Gasteiger partial charge in [-0.2, -0.15) is 0 Å². The van der Waals surface area contributed by atoms with E-state index in [0.29, 0.717) is 12.8 Å². The van der Waals surface area contributed by atoms with Crippen molar-refractivity contribution in [3.05, 3.63) is 29.8 Å². The van der Waals surface area contributed by atoms with Gasteiger partial charge in [0.15, 0.2) is 0 Å². The van der Waals surface area contributed by atoms with Crippen LogP contribution in [0.2, 0.25) is 0 Å². The minimum absolute atomic E-state index is 0.00886. The Morgan fingerprint density at radius 1 is 1.32 bits per heavy atom. The summed E-state index contributed by atoms with van der Waals surface area (Å²) in [6, 6.07) is 5.56. The number of methoxy groups -OCH3 is 1. The maximum Gasteiger partial charge on any atom is 0.308 e. The number of nitrogens with one attached hydrogen (secondary N) is 2. The molecule has 1 unspecified atom stereocenters. The Balaban J connectivity index is 2.79. The van der Waals surface area contributed by atoms with Gasteiger partial charge in [0.05, 0.1) is 17.4 Å². The molecule has 140 valence electrons. The number of carbonyl (C=O) groups is 2. The second-order valence-electron chi connectivity index (χ2n) is 5.45. The first-order valence-electron chi connectivity index (χ1n) is 7.91. The topological polar surface area (TPSA) is 122 Å². The number of benzene rings is 1. The van der Waals surface area contributed by atoms with Gasteiger partial charge in [0.25, 0.3) is 5.91 Å². The highest BCUT2D eigenvalue weighted by molar-refractivity contribution is 7.89. The summed E-state index contributed by atoms with van der Waals surface area (Å²) in [6.07, 6.45) is 1.14. The predicted octanol–water partition coefficient (Wildman–Crippen LogP) is 0.842. The van der Waals surface area contributed by atoms with Gasteiger partial charge in [0.2, 0.25) is 10.0 Å². The van der Waals surface area contributed by atoms with Crippen LogP contribution in [-0.4, -0.2) is 52.2 Å². The summed E-state index contributed by atoms with van der Waals surface area (Å²) in [6.45, 7) is 2.20. The molecule has 0 saturated carbocycles. The number of sulfonamides is 1. The zero-order valence-electron chi connectivity index (χ0n) is 14.3. The van der Waals surface area contributed by atoms with E-state index in [9.17, 15) is 18.0 Å². The summed E-state index contributed by atoms with van der Waals surface area (Å²) in [4.78, 5) is 23.2. The second-order valence-corrected chi connectivity index (χ2v) is 7.22. The fraction of sp³-hybridized carbons (Fsp3) is 0.500. The van der Waals surface area contributed by atoms with E-state index in [2.05, 4.69) is 10.0 Å². The second kappa shape index (κ2) is 10.1. The number of rotatable bonds is 11. The minimum atomic E-state index is -3.75. The molecule has 0 bridgehead atoms. The fourth-order valence-electron chi connectivity index (χ4n) is 2.15. The molecule has 25 heavy (non-hydrogen) atoms. The van der Waals surface area contributed by atoms with Crippen molar-refractivity contribution in [2.24, 2.45) is 5.92 Å². The number of hydrogen-bond donors (Lipinski definition) is 3. The van der Waals surface area contributed by atoms with Crippen LogP contribution in [0, 0.1) is 5.92 Å². The molecular weight excluding hydrogens is 348 g/mol. The van der Waals surface area contributed by atoms with Crippen molar-refractivity contribution in [1.29, 1.82) is 0 Å². The molecule has 1 aromatic rings. The van der Waals surface area contributed by atoms with Crippen LogP contribution in [0.15, 0.2) is 29.2 Å². The Hall–Kier alpha value is -1.97. The number of carboxylic acid groups (broad SMARTS) is 1. The van der Waals surface area contributed by atoms with Gasteiger partial charge in [0, 0.05) is 25.8 Å². The van der Waals surface area contributed by atoms with Crippen molar-refractivity contribution in [2.45, 2.75) is 24.7 Å². The van der Waals surface area contributed by atoms with E-state index >= 15 is 0 Å². The highest BCUT2D eigenvalue weighted by Crippen LogP contribution is 2.12. The number of amides is 1. The zero-order valence-corrected chi connectivity index (χ0v) is 15.1. The molecular formula is C16H24N2O6S. The van der Waals surface area contributed by atoms with E-state index in [1.165, 1.54) is 31.4 Å². The third-order valence-electron chi connectivity index (χ3n) is 3.50. The smallest absolute Gasteiger partial charge is 0.308 e. The lowest BCUT2D eigenvalue weighted by molar-refractivity contribution is -0.141. The van der Waals surface area contributed by atoms with Gasteiger partial charge in [-0.15, -0.1) is 0 Å². The van der Waals surface area contributed by atoms with Crippen LogP contribution in [-0.2, 0) is 19.6 Å². The molecule has 1 amide bonds. The van der Waals surface area contributed by atoms with Crippen LogP contribution in [0.4, 0.5) is 0 Å². The molecule has 0 spiro atoms. The van der Waals surface area contributed by atoms with E-state index in [4.69, 9.17) is 9.84 Å². The number of carbonyl (C=O) groups excluding carboxylic acids is 1. The van der Waals surface area contributed by atoms with Gasteiger partial charge in [-0.25, -0.2) is 13.1 Å². The molecule has 9 heteroatoms. The SMILES string of the molecule is CCCC(CNC(=O)c1cccc(S(=O)(=O)NCCOC)c1)C(=O)O. The molecule has 3 N–H and O–H groups in total. The zero-order chi connectivity index (χ0) is 18.9. The molecule has 1 atom stereocenters. The van der Waals surface area contributed by atoms with Gasteiger partial charge < -0.3 is 15.2 Å². The first kappa shape index (κ1) is 21.1. The van der Waals surface area contributed by atoms with Gasteiger partial charge in [-0.1, -0.05) is 19.4 Å². The monoisotopic (exact) mass is 372 g/mol. The maximum absolute atomic E-state index is 12.2. The average Bonchev–Trinajstić information content (AvgIpc) is 2.58. The van der Waals surface area contributed by atoms with Crippen LogP contribution in [0.3, 0.4) is 0 Å². The highest BCUT2D eigenvalue weighted by Gasteiger charge is 2.19. The van der Waals surface area contributed by atoms with Crippen molar-refractivity contribution >= 4 is 21.9 Å². The molecule has 0 fully saturated rings. The Morgan fingerprint density at radius 2 is 2.04 bits per heavy atom. The van der Waals surface area contributed by atoms with Crippen molar-refractivity contribution in [2.75, 3.05) is 26.8 Å². The van der Waals surface area contributed by atoms with Crippen LogP contribution in [0.25, 0.3) is 0 Å². The molecule has 8 nitrogen and oxygen atoms in total. The standard InChI is InChI=1S/C16H24N2O6S/c1-3-5-13(16(20)21)11-17-15(19)12-6-4-7-14(10-12)25(22,23)18-8-9-24-2/h4,6-7,10,13,18H,3,5,8-9,11H2,1-2H3,(H,17,19)(H,20,21). The molecule has 0 aliphatic carbocycles. The normalized spacial score (nSPS) is 12.6. The van der Waals surface area contributed by atoms with Gasteiger partial charge in [-0.3, -0.25) is 9.59 Å². The van der Waals surface area contributed by atoms with Crippen LogP contribution >= 0.6 is 0 Å². The minimum Gasteiger partial charge on any atom is -0.481 e. The van der Waals surface area contributed by atoms with Crippen LogP contribution < -0.4 is 10.0 Å². The lowest BCUT2D eigenvalue weighted by Crippen LogP contribution is -2.33. The molecule has 0 radical (unpaired) electrons. The van der Waals surface area contributed by atoms with Crippen LogP contribution in [0.5, 0.6) is 0 Å². The van der Waals surface area contributed by atoms with Crippen molar-refractivity contribution in [3.8, 4) is 0 Å². The van der Waals surface area contributed by atoms with E-state index in [1.54, 1.807) is 0 Å². The largest absolute Gasteiger partial charge is 0.481 e. The molecule has 0 aromatic heterocycles. The van der Waals surface area contributed by atoms with E-state index in [0.717, 1.165) is 0 Å². The quantitative estimate of drug-likeness (QED) is 0.495. The van der Waals surface area contributed by atoms with Crippen LogP contribution in [0.1, 0.15) is 30.1 Å². The Kier molecular flexibility index (Phi) is 8.53. The molecule has 0 aliphatic heterocycles. The molecule has 0 aliphatic rings. The summed E-state index contributed by atoms with van der Waals surface area (Å²) >= 11 is 0. The summed E-state index contributed by atoms with van der Waals surface area (Å²) in [7, 11) is -2.29. The average molecular weight is 372 g/mol. The molecule has 0 saturated heterocycles. The Bertz CT molecular complexity index is 690. The fourth-order valence-corrected chi connectivity index (χ4v) is 3.20. The lowest BCUT2D eigenvalue weighted by Gasteiger charge is -2.13. The number of aliphatic carboxylic acids is 1. The summed E-state index contributed by atoms with van der Waals surface area (Å²) < 4.78 is 31.4. The third kappa shape index (κ3) is 6.81. The lowest BCUT2D eigenvalue weighted by atomic mass is 10.0. The van der Waals surface area contributed by atoms with E-state index < -0.39 is 27.8 Å². The molecule has 1 aromatic carbocycles. The molecule has 0 heterocycles. The highest BCUT2D eigenvalue weighted by atomic mass is 32.2. The van der Waals surface area contributed by atoms with E-state index in [-0.39, 0.29) is 30.2 Å². The third-order valence-corrected chi connectivity index (χ3v) is 4.96. The van der Waals surface area contributed by atoms with Crippen molar-refractivity contribution in [1.82, 2.24) is 10.0 Å². The van der Waals surface area contributed by atoms with Crippen molar-refractivity contribution in [3.63, 3.8) is 0 Å². The number of ether oxygens (including phenoxy) is 1. The first-order valence-corrected chi connectivity index (χ1v) is 9.39. The summed E-state index contributed by atoms with van der Waals surface area (Å²) in [5, 5.41) is 11.6. The predicted molar refractivity (Wildman–Crippen MR) is 91.9 cm³/mol. The maximum atomic E-state index is 12.2. The van der Waals surface area contributed by atoms with Crippen molar-refractivity contribution < 1.29 is 27.9 Å². The molecule has 1 rings (SSSR count). The summed E-state index contributed by atoms with van der Waals surface area (Å²) in [5.74, 6) is -2.16. The van der Waals surface area contributed by atoms with Gasteiger partial charge in [-0.05, 0) is 24.6 Å². The van der Waals surface area contributed by atoms with Gasteiger partial charge in [0.1, 0.15) is 0 Å². The number of hydrogen-bond acceptors (Lipinski definition) is 5.